The summed E-state index contributed by atoms with van der Waals surface area (Å²) in [7, 11) is 3.55. The van der Waals surface area contributed by atoms with Gasteiger partial charge in [0, 0.05) is 18.9 Å². The van der Waals surface area contributed by atoms with Crippen molar-refractivity contribution in [1.29, 1.82) is 0 Å². The van der Waals surface area contributed by atoms with Crippen molar-refractivity contribution in [2.45, 2.75) is 13.0 Å². The van der Waals surface area contributed by atoms with Crippen LogP contribution in [0.5, 0.6) is 0 Å². The number of methoxy groups -OCH3 is 1. The highest BCUT2D eigenvalue weighted by Gasteiger charge is 2.07. The molecule has 0 saturated carbocycles. The van der Waals surface area contributed by atoms with Gasteiger partial charge in [-0.25, -0.2) is 0 Å². The molecule has 4 nitrogen and oxygen atoms in total. The van der Waals surface area contributed by atoms with Crippen LogP contribution in [0.1, 0.15) is 6.92 Å². The van der Waals surface area contributed by atoms with E-state index in [1.165, 1.54) is 0 Å². The van der Waals surface area contributed by atoms with Gasteiger partial charge in [-0.1, -0.05) is 0 Å². The molecule has 0 spiro atoms. The Morgan fingerprint density at radius 2 is 2.29 bits per heavy atom. The molecule has 0 aliphatic carbocycles. The fourth-order valence-corrected chi connectivity index (χ4v) is 1.82. The van der Waals surface area contributed by atoms with Crippen LogP contribution >= 0.6 is 11.8 Å². The van der Waals surface area contributed by atoms with Crippen LogP contribution in [-0.2, 0) is 14.3 Å². The van der Waals surface area contributed by atoms with Gasteiger partial charge in [0.2, 0.25) is 0 Å². The predicted molar refractivity (Wildman–Crippen MR) is 58.7 cm³/mol. The molecule has 0 aliphatic rings. The van der Waals surface area contributed by atoms with Gasteiger partial charge in [-0.05, 0) is 14.0 Å². The molecule has 0 fully saturated rings. The van der Waals surface area contributed by atoms with Gasteiger partial charge < -0.3 is 14.8 Å². The highest BCUT2D eigenvalue weighted by Crippen LogP contribution is 2.03. The number of esters is 1. The van der Waals surface area contributed by atoms with Gasteiger partial charge in [-0.15, -0.1) is 11.8 Å². The first-order valence-corrected chi connectivity index (χ1v) is 5.79. The fraction of sp³-hybridized carbons (Fsp3) is 0.889. The molecule has 0 aromatic rings. The summed E-state index contributed by atoms with van der Waals surface area (Å²) in [6.45, 7) is 2.92. The van der Waals surface area contributed by atoms with E-state index in [-0.39, 0.29) is 5.97 Å². The summed E-state index contributed by atoms with van der Waals surface area (Å²) < 4.78 is 9.81. The lowest BCUT2D eigenvalue weighted by Crippen LogP contribution is -2.32. The Labute approximate surface area is 89.7 Å². The minimum Gasteiger partial charge on any atom is -0.465 e. The smallest absolute Gasteiger partial charge is 0.315 e. The Morgan fingerprint density at radius 1 is 1.57 bits per heavy atom. The van der Waals surface area contributed by atoms with Crippen molar-refractivity contribution in [2.24, 2.45) is 0 Å². The number of carbonyl (C=O) groups excluding carboxylic acids is 1. The van der Waals surface area contributed by atoms with E-state index in [1.807, 2.05) is 14.0 Å². The molecule has 0 bridgehead atoms. The molecule has 0 heterocycles. The Bertz CT molecular complexity index is 155. The second-order valence-electron chi connectivity index (χ2n) is 2.76. The summed E-state index contributed by atoms with van der Waals surface area (Å²) in [6, 6.07) is 0.291. The van der Waals surface area contributed by atoms with Crippen LogP contribution < -0.4 is 5.32 Å². The molecule has 0 amide bonds. The van der Waals surface area contributed by atoms with Gasteiger partial charge in [0.25, 0.3) is 0 Å². The average molecular weight is 221 g/mol. The van der Waals surface area contributed by atoms with Crippen molar-refractivity contribution in [2.75, 3.05) is 38.9 Å². The molecule has 0 radical (unpaired) electrons. The van der Waals surface area contributed by atoms with Crippen molar-refractivity contribution in [1.82, 2.24) is 5.32 Å². The zero-order valence-corrected chi connectivity index (χ0v) is 9.86. The van der Waals surface area contributed by atoms with Crippen LogP contribution in [0.4, 0.5) is 0 Å². The number of rotatable bonds is 8. The molecular weight excluding hydrogens is 202 g/mol. The summed E-state index contributed by atoms with van der Waals surface area (Å²) in [6.07, 6.45) is 0. The molecule has 0 aliphatic heterocycles. The largest absolute Gasteiger partial charge is 0.465 e. The monoisotopic (exact) mass is 221 g/mol. The minimum absolute atomic E-state index is 0.148. The van der Waals surface area contributed by atoms with E-state index in [2.05, 4.69) is 5.32 Å². The van der Waals surface area contributed by atoms with Crippen molar-refractivity contribution >= 4 is 17.7 Å². The molecule has 0 aromatic carbocycles. The lowest BCUT2D eigenvalue weighted by molar-refractivity contribution is -0.139. The average Bonchev–Trinajstić information content (AvgIpc) is 2.17. The third-order valence-electron chi connectivity index (χ3n) is 1.62. The van der Waals surface area contributed by atoms with Gasteiger partial charge in [0.1, 0.15) is 0 Å². The SMILES string of the molecule is CCOC(=O)CSCC(COC)NC. The first kappa shape index (κ1) is 13.7. The molecule has 1 N–H and O–H groups in total. The normalized spacial score (nSPS) is 12.5. The lowest BCUT2D eigenvalue weighted by atomic mass is 10.4. The first-order valence-electron chi connectivity index (χ1n) is 4.64. The maximum atomic E-state index is 11.0. The number of carbonyl (C=O) groups is 1. The number of hydrogen-bond donors (Lipinski definition) is 1. The van der Waals surface area contributed by atoms with Gasteiger partial charge in [0.05, 0.1) is 19.0 Å². The van der Waals surface area contributed by atoms with Crippen molar-refractivity contribution in [3.05, 3.63) is 0 Å². The zero-order chi connectivity index (χ0) is 10.8. The van der Waals surface area contributed by atoms with Crippen LogP contribution in [0.15, 0.2) is 0 Å². The van der Waals surface area contributed by atoms with Crippen molar-refractivity contribution in [3.8, 4) is 0 Å². The third-order valence-corrected chi connectivity index (χ3v) is 2.70. The molecule has 1 atom stereocenters. The zero-order valence-electron chi connectivity index (χ0n) is 9.04. The van der Waals surface area contributed by atoms with Crippen LogP contribution in [0.25, 0.3) is 0 Å². The molecule has 0 rings (SSSR count). The molecule has 14 heavy (non-hydrogen) atoms. The summed E-state index contributed by atoms with van der Waals surface area (Å²) >= 11 is 1.56. The number of likely N-dealkylation sites (N-methyl/N-ethyl adjacent to an activating group) is 1. The minimum atomic E-state index is -0.148. The fourth-order valence-electron chi connectivity index (χ4n) is 0.903. The molecule has 5 heteroatoms. The predicted octanol–water partition coefficient (Wildman–Crippen LogP) is 0.517. The summed E-state index contributed by atoms with van der Waals surface area (Å²) in [4.78, 5) is 11.0. The van der Waals surface area contributed by atoms with Gasteiger partial charge in [-0.3, -0.25) is 4.79 Å². The standard InChI is InChI=1S/C9H19NO3S/c1-4-13-9(11)7-14-6-8(10-2)5-12-3/h8,10H,4-7H2,1-3H3. The molecular formula is C9H19NO3S. The Hall–Kier alpha value is -0.260. The summed E-state index contributed by atoms with van der Waals surface area (Å²) in [5.41, 5.74) is 0. The number of ether oxygens (including phenoxy) is 2. The van der Waals surface area contributed by atoms with E-state index in [4.69, 9.17) is 9.47 Å². The molecule has 0 aromatic heterocycles. The Balaban J connectivity index is 3.45. The topological polar surface area (TPSA) is 47.6 Å². The van der Waals surface area contributed by atoms with Crippen LogP contribution in [0, 0.1) is 0 Å². The summed E-state index contributed by atoms with van der Waals surface area (Å²) in [5.74, 6) is 1.11. The maximum Gasteiger partial charge on any atom is 0.315 e. The van der Waals surface area contributed by atoms with E-state index in [9.17, 15) is 4.79 Å². The number of thioether (sulfide) groups is 1. The Morgan fingerprint density at radius 3 is 2.79 bits per heavy atom. The van der Waals surface area contributed by atoms with Crippen LogP contribution in [0.3, 0.4) is 0 Å². The van der Waals surface area contributed by atoms with E-state index in [1.54, 1.807) is 18.9 Å². The van der Waals surface area contributed by atoms with Crippen LogP contribution in [0.2, 0.25) is 0 Å². The highest BCUT2D eigenvalue weighted by atomic mass is 32.2. The number of nitrogens with one attached hydrogen (secondary N) is 1. The van der Waals surface area contributed by atoms with E-state index >= 15 is 0 Å². The second-order valence-corrected chi connectivity index (χ2v) is 3.79. The molecule has 84 valence electrons. The maximum absolute atomic E-state index is 11.0. The van der Waals surface area contributed by atoms with Crippen molar-refractivity contribution < 1.29 is 14.3 Å². The molecule has 1 unspecified atom stereocenters. The second kappa shape index (κ2) is 9.30. The lowest BCUT2D eigenvalue weighted by Gasteiger charge is -2.13. The molecule has 0 saturated heterocycles. The Kier molecular flexibility index (Phi) is 9.13. The number of hydrogen-bond acceptors (Lipinski definition) is 5. The van der Waals surface area contributed by atoms with Gasteiger partial charge in [-0.2, -0.15) is 0 Å². The van der Waals surface area contributed by atoms with E-state index < -0.39 is 0 Å². The van der Waals surface area contributed by atoms with Gasteiger partial charge >= 0.3 is 5.97 Å². The summed E-state index contributed by atoms with van der Waals surface area (Å²) in [5, 5.41) is 3.11. The van der Waals surface area contributed by atoms with Crippen LogP contribution in [-0.4, -0.2) is 50.9 Å². The quantitative estimate of drug-likeness (QED) is 0.605. The van der Waals surface area contributed by atoms with E-state index in [0.717, 1.165) is 5.75 Å². The van der Waals surface area contributed by atoms with Gasteiger partial charge in [0.15, 0.2) is 0 Å². The third kappa shape index (κ3) is 7.17. The first-order chi connectivity index (χ1) is 6.74. The highest BCUT2D eigenvalue weighted by molar-refractivity contribution is 7.99. The van der Waals surface area contributed by atoms with E-state index in [0.29, 0.717) is 25.0 Å². The van der Waals surface area contributed by atoms with Crippen molar-refractivity contribution in [3.63, 3.8) is 0 Å².